The molecule has 164 valence electrons. The molecule has 0 saturated heterocycles. The van der Waals surface area contributed by atoms with Gasteiger partial charge in [0, 0.05) is 28.3 Å². The number of hydrogen-bond acceptors (Lipinski definition) is 5. The van der Waals surface area contributed by atoms with E-state index < -0.39 is 5.91 Å². The molecule has 0 spiro atoms. The summed E-state index contributed by atoms with van der Waals surface area (Å²) in [7, 11) is 1.58. The number of rotatable bonds is 5. The Balaban J connectivity index is 1.70. The van der Waals surface area contributed by atoms with Crippen molar-refractivity contribution in [1.29, 1.82) is 0 Å². The van der Waals surface area contributed by atoms with Gasteiger partial charge in [0.05, 0.1) is 23.9 Å². The Morgan fingerprint density at radius 1 is 0.939 bits per heavy atom. The van der Waals surface area contributed by atoms with Crippen molar-refractivity contribution in [1.82, 2.24) is 10.3 Å². The third-order valence-corrected chi connectivity index (χ3v) is 5.29. The van der Waals surface area contributed by atoms with Gasteiger partial charge in [0.2, 0.25) is 0 Å². The minimum Gasteiger partial charge on any atom is -0.497 e. The van der Waals surface area contributed by atoms with E-state index in [0.717, 1.165) is 5.56 Å². The molecule has 0 aliphatic carbocycles. The average Bonchev–Trinajstić information content (AvgIpc) is 2.83. The van der Waals surface area contributed by atoms with Gasteiger partial charge in [0.1, 0.15) is 5.75 Å². The average molecular weight is 456 g/mol. The number of amides is 1. The maximum atomic E-state index is 13.3. The molecule has 33 heavy (non-hydrogen) atoms. The fourth-order valence-electron chi connectivity index (χ4n) is 3.42. The molecule has 0 atom stereocenters. The first-order chi connectivity index (χ1) is 15.9. The van der Waals surface area contributed by atoms with Crippen LogP contribution >= 0.6 is 12.2 Å². The first-order valence-electron chi connectivity index (χ1n) is 10.2. The number of nitrogens with one attached hydrogen (secondary N) is 2. The van der Waals surface area contributed by atoms with Crippen LogP contribution in [0.15, 0.2) is 78.9 Å². The van der Waals surface area contributed by atoms with E-state index in [4.69, 9.17) is 21.9 Å². The van der Waals surface area contributed by atoms with E-state index in [1.807, 2.05) is 48.5 Å². The maximum Gasteiger partial charge on any atom is 0.258 e. The predicted octanol–water partition coefficient (Wildman–Crippen LogP) is 5.24. The number of anilines is 1. The highest BCUT2D eigenvalue weighted by atomic mass is 32.1. The minimum atomic E-state index is -0.402. The summed E-state index contributed by atoms with van der Waals surface area (Å²) in [5.41, 5.74) is 3.69. The van der Waals surface area contributed by atoms with Crippen LogP contribution in [0.2, 0.25) is 0 Å². The van der Waals surface area contributed by atoms with Crippen LogP contribution in [0.4, 0.5) is 5.69 Å². The number of methoxy groups -OCH3 is 1. The molecule has 0 radical (unpaired) electrons. The molecule has 1 heterocycles. The van der Waals surface area contributed by atoms with E-state index >= 15 is 0 Å². The van der Waals surface area contributed by atoms with Gasteiger partial charge in [-0.15, -0.1) is 0 Å². The quantitative estimate of drug-likeness (QED) is 0.316. The highest BCUT2D eigenvalue weighted by Gasteiger charge is 2.17. The summed E-state index contributed by atoms with van der Waals surface area (Å²) in [6.45, 7) is 1.49. The first-order valence-corrected chi connectivity index (χ1v) is 10.6. The molecule has 1 amide bonds. The number of pyridine rings is 1. The normalized spacial score (nSPS) is 10.5. The van der Waals surface area contributed by atoms with E-state index in [1.54, 1.807) is 37.4 Å². The summed E-state index contributed by atoms with van der Waals surface area (Å²) >= 11 is 5.35. The summed E-state index contributed by atoms with van der Waals surface area (Å²) < 4.78 is 5.22. The molecule has 4 aromatic rings. The van der Waals surface area contributed by atoms with Crippen molar-refractivity contribution in [3.63, 3.8) is 0 Å². The van der Waals surface area contributed by atoms with Crippen molar-refractivity contribution < 1.29 is 14.3 Å². The Hall–Kier alpha value is -4.10. The van der Waals surface area contributed by atoms with Crippen LogP contribution in [0, 0.1) is 0 Å². The van der Waals surface area contributed by atoms with Crippen LogP contribution in [0.25, 0.3) is 22.2 Å². The Labute approximate surface area is 196 Å². The number of aromatic nitrogens is 1. The predicted molar refractivity (Wildman–Crippen MR) is 134 cm³/mol. The fraction of sp³-hybridized carbons (Fsp3) is 0.0769. The smallest absolute Gasteiger partial charge is 0.258 e. The van der Waals surface area contributed by atoms with E-state index in [0.29, 0.717) is 39.2 Å². The lowest BCUT2D eigenvalue weighted by molar-refractivity contribution is 0.0976. The van der Waals surface area contributed by atoms with E-state index in [1.165, 1.54) is 6.92 Å². The molecule has 2 N–H and O–H groups in total. The topological polar surface area (TPSA) is 80.3 Å². The molecule has 1 aromatic heterocycles. The van der Waals surface area contributed by atoms with Gasteiger partial charge in [0.25, 0.3) is 5.91 Å². The standard InChI is InChI=1S/C26H21N3O3S/c1-16(30)18-11-12-23-21(13-18)22(15-24(28-23)17-7-4-3-5-8-17)25(31)29-26(33)27-19-9-6-10-20(14-19)32-2/h3-15H,1-2H3,(H2,27,29,31,33). The number of carbonyl (C=O) groups is 2. The number of nitrogens with zero attached hydrogens (tertiary/aromatic N) is 1. The zero-order valence-corrected chi connectivity index (χ0v) is 18.9. The molecule has 6 nitrogen and oxygen atoms in total. The molecule has 3 aromatic carbocycles. The number of benzene rings is 3. The van der Waals surface area contributed by atoms with Crippen molar-refractivity contribution in [2.45, 2.75) is 6.92 Å². The highest BCUT2D eigenvalue weighted by molar-refractivity contribution is 7.80. The Morgan fingerprint density at radius 2 is 1.73 bits per heavy atom. The number of thiocarbonyl (C=S) groups is 1. The van der Waals surface area contributed by atoms with Crippen molar-refractivity contribution in [2.24, 2.45) is 0 Å². The Morgan fingerprint density at radius 3 is 2.45 bits per heavy atom. The molecule has 4 rings (SSSR count). The van der Waals surface area contributed by atoms with Gasteiger partial charge >= 0.3 is 0 Å². The minimum absolute atomic E-state index is 0.0920. The first kappa shape index (κ1) is 22.1. The lowest BCUT2D eigenvalue weighted by atomic mass is 10.0. The molecule has 0 unspecified atom stereocenters. The molecular weight excluding hydrogens is 434 g/mol. The SMILES string of the molecule is COc1cccc(NC(=S)NC(=O)c2cc(-c3ccccc3)nc3ccc(C(C)=O)cc23)c1. The second-order valence-electron chi connectivity index (χ2n) is 7.35. The summed E-state index contributed by atoms with van der Waals surface area (Å²) in [5, 5.41) is 6.43. The molecule has 0 aliphatic rings. The van der Waals surface area contributed by atoms with Crippen LogP contribution < -0.4 is 15.4 Å². The second kappa shape index (κ2) is 9.58. The van der Waals surface area contributed by atoms with Crippen molar-refractivity contribution in [3.05, 3.63) is 90.0 Å². The van der Waals surface area contributed by atoms with Gasteiger partial charge in [-0.2, -0.15) is 0 Å². The van der Waals surface area contributed by atoms with Gasteiger partial charge in [-0.05, 0) is 55.5 Å². The maximum absolute atomic E-state index is 13.3. The van der Waals surface area contributed by atoms with E-state index in [2.05, 4.69) is 10.6 Å². The zero-order chi connectivity index (χ0) is 23.4. The van der Waals surface area contributed by atoms with Gasteiger partial charge in [-0.1, -0.05) is 36.4 Å². The van der Waals surface area contributed by atoms with Crippen molar-refractivity contribution in [3.8, 4) is 17.0 Å². The number of carbonyl (C=O) groups excluding carboxylic acids is 2. The fourth-order valence-corrected chi connectivity index (χ4v) is 3.63. The molecule has 0 aliphatic heterocycles. The summed E-state index contributed by atoms with van der Waals surface area (Å²) in [6.07, 6.45) is 0. The zero-order valence-electron chi connectivity index (χ0n) is 18.1. The molecule has 7 heteroatoms. The second-order valence-corrected chi connectivity index (χ2v) is 7.76. The third-order valence-electron chi connectivity index (χ3n) is 5.08. The Kier molecular flexibility index (Phi) is 6.42. The van der Waals surface area contributed by atoms with Crippen molar-refractivity contribution in [2.75, 3.05) is 12.4 Å². The molecule has 0 saturated carbocycles. The van der Waals surface area contributed by atoms with Gasteiger partial charge < -0.3 is 10.1 Å². The summed E-state index contributed by atoms with van der Waals surface area (Å²) in [5.74, 6) is 0.171. The number of hydrogen-bond donors (Lipinski definition) is 2. The van der Waals surface area contributed by atoms with Crippen molar-refractivity contribution >= 4 is 45.6 Å². The van der Waals surface area contributed by atoms with Crippen LogP contribution in [0.5, 0.6) is 5.75 Å². The number of fused-ring (bicyclic) bond motifs is 1. The molecule has 0 bridgehead atoms. The van der Waals surface area contributed by atoms with E-state index in [-0.39, 0.29) is 10.9 Å². The van der Waals surface area contributed by atoms with Gasteiger partial charge in [-0.25, -0.2) is 4.98 Å². The lowest BCUT2D eigenvalue weighted by Crippen LogP contribution is -2.34. The third kappa shape index (κ3) is 5.05. The summed E-state index contributed by atoms with van der Waals surface area (Å²) in [4.78, 5) is 29.9. The lowest BCUT2D eigenvalue weighted by Gasteiger charge is -2.13. The monoisotopic (exact) mass is 455 g/mol. The van der Waals surface area contributed by atoms with Crippen LogP contribution in [-0.2, 0) is 0 Å². The molecular formula is C26H21N3O3S. The van der Waals surface area contributed by atoms with Crippen LogP contribution in [-0.4, -0.2) is 28.9 Å². The highest BCUT2D eigenvalue weighted by Crippen LogP contribution is 2.26. The Bertz CT molecular complexity index is 1370. The van der Waals surface area contributed by atoms with Crippen LogP contribution in [0.1, 0.15) is 27.6 Å². The number of Topliss-reactive ketones (excluding diaryl/α,β-unsaturated/α-hetero) is 1. The number of ketones is 1. The van der Waals surface area contributed by atoms with E-state index in [9.17, 15) is 9.59 Å². The summed E-state index contributed by atoms with van der Waals surface area (Å²) in [6, 6.07) is 23.7. The largest absolute Gasteiger partial charge is 0.497 e. The van der Waals surface area contributed by atoms with Crippen LogP contribution in [0.3, 0.4) is 0 Å². The van der Waals surface area contributed by atoms with Gasteiger partial charge in [0.15, 0.2) is 10.9 Å². The number of ether oxygens (including phenoxy) is 1. The van der Waals surface area contributed by atoms with Gasteiger partial charge in [-0.3, -0.25) is 14.9 Å². The molecule has 0 fully saturated rings.